The molecule has 4 heteroatoms. The molecule has 80 valence electrons. The van der Waals surface area contributed by atoms with Crippen molar-refractivity contribution in [3.63, 3.8) is 0 Å². The summed E-state index contributed by atoms with van der Waals surface area (Å²) in [6, 6.07) is 0.123. The fourth-order valence-electron chi connectivity index (χ4n) is 1.88. The molecule has 14 heavy (non-hydrogen) atoms. The Morgan fingerprint density at radius 1 is 1.57 bits per heavy atom. The predicted octanol–water partition coefficient (Wildman–Crippen LogP) is 2.53. The first kappa shape index (κ1) is 11.1. The van der Waals surface area contributed by atoms with E-state index >= 15 is 0 Å². The van der Waals surface area contributed by atoms with E-state index in [1.165, 1.54) is 0 Å². The van der Waals surface area contributed by atoms with Gasteiger partial charge in [-0.1, -0.05) is 0 Å². The molecule has 0 aromatic heterocycles. The summed E-state index contributed by atoms with van der Waals surface area (Å²) >= 11 is 0. The molecule has 4 nitrogen and oxygen atoms in total. The fraction of sp³-hybridized carbons (Fsp3) is 0.900. The van der Waals surface area contributed by atoms with Crippen LogP contribution in [0.2, 0.25) is 0 Å². The number of esters is 1. The van der Waals surface area contributed by atoms with Crippen LogP contribution in [0.15, 0.2) is 5.11 Å². The number of rotatable bonds is 3. The van der Waals surface area contributed by atoms with Crippen LogP contribution >= 0.6 is 0 Å². The third-order valence-corrected chi connectivity index (χ3v) is 3.01. The largest absolute Gasteiger partial charge is 0.466 e. The van der Waals surface area contributed by atoms with Crippen LogP contribution in [0.5, 0.6) is 0 Å². The highest BCUT2D eigenvalue weighted by Crippen LogP contribution is 2.37. The van der Waals surface area contributed by atoms with Crippen LogP contribution in [0.25, 0.3) is 0 Å². The van der Waals surface area contributed by atoms with Crippen LogP contribution in [-0.2, 0) is 9.53 Å². The molecule has 0 aliphatic heterocycles. The van der Waals surface area contributed by atoms with Crippen molar-refractivity contribution >= 4 is 5.97 Å². The Labute approximate surface area is 84.5 Å². The molecule has 1 N–H and O–H groups in total. The Morgan fingerprint density at radius 2 is 2.14 bits per heavy atom. The SMILES string of the molecule is CCOC(=O)[C@]1(C)CC[C@@H](N=N)CC1. The zero-order valence-corrected chi connectivity index (χ0v) is 8.88. The number of nitrogens with zero attached hydrogens (tertiary/aromatic N) is 1. The first-order valence-electron chi connectivity index (χ1n) is 5.16. The maximum absolute atomic E-state index is 11.6. The van der Waals surface area contributed by atoms with Crippen LogP contribution in [-0.4, -0.2) is 18.6 Å². The highest BCUT2D eigenvalue weighted by molar-refractivity contribution is 5.76. The van der Waals surface area contributed by atoms with Crippen LogP contribution in [0.1, 0.15) is 39.5 Å². The molecular weight excluding hydrogens is 180 g/mol. The summed E-state index contributed by atoms with van der Waals surface area (Å²) < 4.78 is 5.04. The summed E-state index contributed by atoms with van der Waals surface area (Å²) in [6.07, 6.45) is 3.25. The molecule has 0 heterocycles. The second kappa shape index (κ2) is 4.53. The van der Waals surface area contributed by atoms with Gasteiger partial charge in [0.05, 0.1) is 18.1 Å². The van der Waals surface area contributed by atoms with Gasteiger partial charge in [-0.25, -0.2) is 5.53 Å². The molecule has 0 radical (unpaired) electrons. The van der Waals surface area contributed by atoms with Gasteiger partial charge in [-0.05, 0) is 39.5 Å². The number of ether oxygens (including phenoxy) is 1. The Hall–Kier alpha value is -0.930. The van der Waals surface area contributed by atoms with Crippen LogP contribution < -0.4 is 0 Å². The Morgan fingerprint density at radius 3 is 2.57 bits per heavy atom. The van der Waals surface area contributed by atoms with Crippen molar-refractivity contribution < 1.29 is 9.53 Å². The summed E-state index contributed by atoms with van der Waals surface area (Å²) in [4.78, 5) is 11.6. The lowest BCUT2D eigenvalue weighted by molar-refractivity contribution is -0.156. The minimum atomic E-state index is -0.336. The molecule has 0 aromatic carbocycles. The van der Waals surface area contributed by atoms with E-state index in [-0.39, 0.29) is 17.4 Å². The molecular formula is C10H18N2O2. The second-order valence-corrected chi connectivity index (χ2v) is 4.14. The fourth-order valence-corrected chi connectivity index (χ4v) is 1.88. The Kier molecular flexibility index (Phi) is 3.61. The molecule has 1 aliphatic rings. The van der Waals surface area contributed by atoms with Crippen molar-refractivity contribution in [3.8, 4) is 0 Å². The number of carbonyl (C=O) groups excluding carboxylic acids is 1. The van der Waals surface area contributed by atoms with Crippen molar-refractivity contribution in [2.75, 3.05) is 6.61 Å². The molecule has 1 aliphatic carbocycles. The predicted molar refractivity (Wildman–Crippen MR) is 52.1 cm³/mol. The van der Waals surface area contributed by atoms with Gasteiger partial charge in [-0.2, -0.15) is 5.11 Å². The van der Waals surface area contributed by atoms with Crippen molar-refractivity contribution in [2.24, 2.45) is 10.5 Å². The van der Waals surface area contributed by atoms with Gasteiger partial charge >= 0.3 is 5.97 Å². The van der Waals surface area contributed by atoms with E-state index in [1.807, 2.05) is 13.8 Å². The summed E-state index contributed by atoms with van der Waals surface area (Å²) in [5.74, 6) is -0.0940. The number of hydrogen-bond donors (Lipinski definition) is 1. The standard InChI is InChI=1S/C10H18N2O2/c1-3-14-9(13)10(2)6-4-8(12-11)5-7-10/h8,11H,3-7H2,1-2H3/t8-,10-. The summed E-state index contributed by atoms with van der Waals surface area (Å²) in [6.45, 7) is 4.22. The van der Waals surface area contributed by atoms with Gasteiger partial charge in [0.2, 0.25) is 0 Å². The zero-order chi connectivity index (χ0) is 10.6. The van der Waals surface area contributed by atoms with E-state index in [2.05, 4.69) is 5.11 Å². The van der Waals surface area contributed by atoms with Gasteiger partial charge in [0.1, 0.15) is 0 Å². The molecule has 0 aromatic rings. The van der Waals surface area contributed by atoms with E-state index < -0.39 is 0 Å². The zero-order valence-electron chi connectivity index (χ0n) is 8.88. The van der Waals surface area contributed by atoms with E-state index in [0.29, 0.717) is 6.61 Å². The Bertz CT molecular complexity index is 220. The van der Waals surface area contributed by atoms with E-state index in [4.69, 9.17) is 10.3 Å². The molecule has 1 rings (SSSR count). The van der Waals surface area contributed by atoms with Gasteiger partial charge in [0, 0.05) is 0 Å². The van der Waals surface area contributed by atoms with Crippen LogP contribution in [0.3, 0.4) is 0 Å². The van der Waals surface area contributed by atoms with Gasteiger partial charge in [0.25, 0.3) is 0 Å². The molecule has 0 bridgehead atoms. The van der Waals surface area contributed by atoms with Gasteiger partial charge in [-0.15, -0.1) is 0 Å². The molecule has 1 saturated carbocycles. The van der Waals surface area contributed by atoms with Gasteiger partial charge < -0.3 is 4.74 Å². The quantitative estimate of drug-likeness (QED) is 0.559. The maximum atomic E-state index is 11.6. The topological polar surface area (TPSA) is 62.5 Å². The van der Waals surface area contributed by atoms with Gasteiger partial charge in [-0.3, -0.25) is 4.79 Å². The Balaban J connectivity index is 2.52. The second-order valence-electron chi connectivity index (χ2n) is 4.14. The highest BCUT2D eigenvalue weighted by Gasteiger charge is 2.38. The van der Waals surface area contributed by atoms with Crippen LogP contribution in [0, 0.1) is 10.9 Å². The van der Waals surface area contributed by atoms with Crippen molar-refractivity contribution in [1.82, 2.24) is 0 Å². The van der Waals surface area contributed by atoms with Crippen LogP contribution in [0.4, 0.5) is 0 Å². The number of carbonyl (C=O) groups is 1. The monoisotopic (exact) mass is 198 g/mol. The molecule has 0 atom stereocenters. The number of hydrogen-bond acceptors (Lipinski definition) is 4. The molecule has 0 spiro atoms. The summed E-state index contributed by atoms with van der Waals surface area (Å²) in [5, 5.41) is 3.52. The van der Waals surface area contributed by atoms with Crippen molar-refractivity contribution in [2.45, 2.75) is 45.6 Å². The van der Waals surface area contributed by atoms with Crippen molar-refractivity contribution in [1.29, 1.82) is 5.53 Å². The van der Waals surface area contributed by atoms with E-state index in [1.54, 1.807) is 0 Å². The molecule has 0 unspecified atom stereocenters. The smallest absolute Gasteiger partial charge is 0.311 e. The lowest BCUT2D eigenvalue weighted by atomic mass is 9.74. The average molecular weight is 198 g/mol. The molecule has 0 saturated heterocycles. The highest BCUT2D eigenvalue weighted by atomic mass is 16.5. The normalized spacial score (nSPS) is 32.3. The molecule has 1 fully saturated rings. The summed E-state index contributed by atoms with van der Waals surface area (Å²) in [7, 11) is 0. The minimum absolute atomic E-state index is 0.0940. The summed E-state index contributed by atoms with van der Waals surface area (Å²) in [5.41, 5.74) is 6.59. The van der Waals surface area contributed by atoms with Crippen molar-refractivity contribution in [3.05, 3.63) is 0 Å². The number of nitrogens with one attached hydrogen (secondary N) is 1. The first-order chi connectivity index (χ1) is 6.62. The third-order valence-electron chi connectivity index (χ3n) is 3.01. The third kappa shape index (κ3) is 2.30. The maximum Gasteiger partial charge on any atom is 0.311 e. The van der Waals surface area contributed by atoms with E-state index in [9.17, 15) is 4.79 Å². The van der Waals surface area contributed by atoms with Gasteiger partial charge in [0.15, 0.2) is 0 Å². The minimum Gasteiger partial charge on any atom is -0.466 e. The lowest BCUT2D eigenvalue weighted by Gasteiger charge is -2.33. The lowest BCUT2D eigenvalue weighted by Crippen LogP contribution is -2.35. The molecule has 0 amide bonds. The van der Waals surface area contributed by atoms with E-state index in [0.717, 1.165) is 25.7 Å². The average Bonchev–Trinajstić information content (AvgIpc) is 2.19. The first-order valence-corrected chi connectivity index (χ1v) is 5.16.